The Hall–Kier alpha value is -0.600. The Kier molecular flexibility index (Phi) is 2.03. The van der Waals surface area contributed by atoms with Gasteiger partial charge in [-0.25, -0.2) is 10.1 Å². The number of rotatable bonds is 1. The van der Waals surface area contributed by atoms with E-state index in [1.54, 1.807) is 12.1 Å². The first kappa shape index (κ1) is 6.52. The third-order valence-corrected chi connectivity index (χ3v) is 1.18. The molecule has 0 aliphatic rings. The van der Waals surface area contributed by atoms with Crippen molar-refractivity contribution in [2.75, 3.05) is 0 Å². The third-order valence-electron chi connectivity index (χ3n) is 0.955. The number of pyridine rings is 1. The van der Waals surface area contributed by atoms with Gasteiger partial charge in [0.15, 0.2) is 0 Å². The summed E-state index contributed by atoms with van der Waals surface area (Å²) in [5.41, 5.74) is 0.666. The Labute approximate surface area is 58.1 Å². The van der Waals surface area contributed by atoms with E-state index in [2.05, 4.69) is 4.98 Å². The van der Waals surface area contributed by atoms with Gasteiger partial charge in [-0.3, -0.25) is 0 Å². The molecule has 0 amide bonds. The van der Waals surface area contributed by atoms with Crippen LogP contribution in [0.4, 0.5) is 0 Å². The molecule has 2 nitrogen and oxygen atoms in total. The molecule has 1 rings (SSSR count). The SMILES string of the molecule is [O]Cc1ccc(Cl)nc1. The molecule has 0 atom stereocenters. The van der Waals surface area contributed by atoms with Gasteiger partial charge in [-0.05, 0) is 11.6 Å². The summed E-state index contributed by atoms with van der Waals surface area (Å²) < 4.78 is 0. The van der Waals surface area contributed by atoms with Gasteiger partial charge in [-0.2, -0.15) is 0 Å². The summed E-state index contributed by atoms with van der Waals surface area (Å²) in [6.45, 7) is -0.232. The largest absolute Gasteiger partial charge is 0.244 e. The monoisotopic (exact) mass is 142 g/mol. The first-order valence-corrected chi connectivity index (χ1v) is 2.89. The Balaban J connectivity index is 2.88. The minimum absolute atomic E-state index is 0.232. The number of aromatic nitrogens is 1. The lowest BCUT2D eigenvalue weighted by Crippen LogP contribution is -1.81. The van der Waals surface area contributed by atoms with E-state index in [0.29, 0.717) is 10.7 Å². The molecule has 1 heterocycles. The second-order valence-electron chi connectivity index (χ2n) is 1.63. The van der Waals surface area contributed by atoms with Crippen LogP contribution >= 0.6 is 11.6 Å². The molecule has 0 bridgehead atoms. The van der Waals surface area contributed by atoms with E-state index in [1.807, 2.05) is 0 Å². The van der Waals surface area contributed by atoms with Gasteiger partial charge in [0.25, 0.3) is 0 Å². The Morgan fingerprint density at radius 3 is 2.78 bits per heavy atom. The van der Waals surface area contributed by atoms with Crippen LogP contribution in [0.3, 0.4) is 0 Å². The van der Waals surface area contributed by atoms with Crippen molar-refractivity contribution >= 4 is 11.6 Å². The van der Waals surface area contributed by atoms with E-state index in [-0.39, 0.29) is 6.61 Å². The van der Waals surface area contributed by atoms with E-state index < -0.39 is 0 Å². The van der Waals surface area contributed by atoms with Crippen molar-refractivity contribution in [1.82, 2.24) is 4.98 Å². The fourth-order valence-corrected chi connectivity index (χ4v) is 0.604. The van der Waals surface area contributed by atoms with E-state index >= 15 is 0 Å². The Bertz CT molecular complexity index is 185. The average molecular weight is 143 g/mol. The third kappa shape index (κ3) is 1.66. The van der Waals surface area contributed by atoms with Gasteiger partial charge in [-0.1, -0.05) is 17.7 Å². The molecule has 1 radical (unpaired) electrons. The first-order chi connectivity index (χ1) is 4.33. The van der Waals surface area contributed by atoms with Crippen molar-refractivity contribution in [3.05, 3.63) is 29.0 Å². The smallest absolute Gasteiger partial charge is 0.129 e. The summed E-state index contributed by atoms with van der Waals surface area (Å²) in [6.07, 6.45) is 1.48. The summed E-state index contributed by atoms with van der Waals surface area (Å²) in [4.78, 5) is 3.72. The summed E-state index contributed by atoms with van der Waals surface area (Å²) in [5.74, 6) is 0. The maximum atomic E-state index is 10.2. The van der Waals surface area contributed by atoms with E-state index in [0.717, 1.165) is 0 Å². The van der Waals surface area contributed by atoms with Crippen LogP contribution in [0, 0.1) is 0 Å². The second-order valence-corrected chi connectivity index (χ2v) is 2.02. The predicted octanol–water partition coefficient (Wildman–Crippen LogP) is 1.67. The van der Waals surface area contributed by atoms with Crippen LogP contribution in [0.5, 0.6) is 0 Å². The fourth-order valence-electron chi connectivity index (χ4n) is 0.492. The number of hydrogen-bond donors (Lipinski definition) is 0. The van der Waals surface area contributed by atoms with Gasteiger partial charge in [-0.15, -0.1) is 0 Å². The van der Waals surface area contributed by atoms with Gasteiger partial charge in [0.2, 0.25) is 0 Å². The zero-order valence-electron chi connectivity index (χ0n) is 4.67. The van der Waals surface area contributed by atoms with E-state index in [9.17, 15) is 5.11 Å². The normalized spacial score (nSPS) is 9.56. The maximum absolute atomic E-state index is 10.2. The van der Waals surface area contributed by atoms with Gasteiger partial charge in [0.05, 0.1) is 0 Å². The van der Waals surface area contributed by atoms with Crippen LogP contribution in [-0.4, -0.2) is 4.98 Å². The molecule has 0 saturated heterocycles. The minimum atomic E-state index is -0.232. The van der Waals surface area contributed by atoms with Crippen molar-refractivity contribution < 1.29 is 5.11 Å². The zero-order valence-corrected chi connectivity index (χ0v) is 5.43. The lowest BCUT2D eigenvalue weighted by molar-refractivity contribution is 0.177. The molecule has 0 unspecified atom stereocenters. The maximum Gasteiger partial charge on any atom is 0.129 e. The molecule has 0 fully saturated rings. The van der Waals surface area contributed by atoms with Gasteiger partial charge in [0, 0.05) is 6.20 Å². The molecule has 0 saturated carbocycles. The van der Waals surface area contributed by atoms with Gasteiger partial charge < -0.3 is 0 Å². The Morgan fingerprint density at radius 2 is 2.33 bits per heavy atom. The minimum Gasteiger partial charge on any atom is -0.244 e. The van der Waals surface area contributed by atoms with E-state index in [4.69, 9.17) is 11.6 Å². The first-order valence-electron chi connectivity index (χ1n) is 2.51. The molecule has 0 spiro atoms. The lowest BCUT2D eigenvalue weighted by atomic mass is 10.3. The molecule has 3 heteroatoms. The molecule has 0 aromatic carbocycles. The number of hydrogen-bond acceptors (Lipinski definition) is 1. The van der Waals surface area contributed by atoms with Crippen molar-refractivity contribution in [2.24, 2.45) is 0 Å². The summed E-state index contributed by atoms with van der Waals surface area (Å²) >= 11 is 5.46. The lowest BCUT2D eigenvalue weighted by Gasteiger charge is -1.90. The standard InChI is InChI=1S/C6H5ClNO/c7-6-2-1-5(4-9)3-8-6/h1-3H,4H2. The fraction of sp³-hybridized carbons (Fsp3) is 0.167. The molecular formula is C6H5ClNO. The quantitative estimate of drug-likeness (QED) is 0.549. The van der Waals surface area contributed by atoms with Crippen LogP contribution in [-0.2, 0) is 11.7 Å². The summed E-state index contributed by atoms with van der Waals surface area (Å²) in [5, 5.41) is 10.6. The molecule has 0 aliphatic carbocycles. The highest BCUT2D eigenvalue weighted by atomic mass is 35.5. The van der Waals surface area contributed by atoms with Crippen LogP contribution in [0.2, 0.25) is 5.15 Å². The van der Waals surface area contributed by atoms with Crippen LogP contribution in [0.1, 0.15) is 5.56 Å². The highest BCUT2D eigenvalue weighted by Crippen LogP contribution is 2.04. The highest BCUT2D eigenvalue weighted by Gasteiger charge is 1.89. The van der Waals surface area contributed by atoms with Crippen molar-refractivity contribution in [1.29, 1.82) is 0 Å². The average Bonchev–Trinajstić information content (AvgIpc) is 1.90. The molecule has 1 aromatic rings. The molecule has 0 N–H and O–H groups in total. The van der Waals surface area contributed by atoms with Crippen LogP contribution in [0.15, 0.2) is 18.3 Å². The van der Waals surface area contributed by atoms with Crippen LogP contribution in [0.25, 0.3) is 0 Å². The summed E-state index contributed by atoms with van der Waals surface area (Å²) in [7, 11) is 0. The molecular weight excluding hydrogens is 138 g/mol. The van der Waals surface area contributed by atoms with Crippen LogP contribution < -0.4 is 0 Å². The number of nitrogens with zero attached hydrogens (tertiary/aromatic N) is 1. The second kappa shape index (κ2) is 2.80. The zero-order chi connectivity index (χ0) is 6.69. The van der Waals surface area contributed by atoms with E-state index in [1.165, 1.54) is 6.20 Å². The number of halogens is 1. The molecule has 0 aliphatic heterocycles. The molecule has 1 aromatic heterocycles. The molecule has 9 heavy (non-hydrogen) atoms. The van der Waals surface area contributed by atoms with Crippen molar-refractivity contribution in [2.45, 2.75) is 6.61 Å². The van der Waals surface area contributed by atoms with Crippen molar-refractivity contribution in [3.8, 4) is 0 Å². The highest BCUT2D eigenvalue weighted by molar-refractivity contribution is 6.29. The Morgan fingerprint density at radius 1 is 1.56 bits per heavy atom. The predicted molar refractivity (Wildman–Crippen MR) is 33.6 cm³/mol. The topological polar surface area (TPSA) is 32.8 Å². The van der Waals surface area contributed by atoms with Crippen molar-refractivity contribution in [3.63, 3.8) is 0 Å². The van der Waals surface area contributed by atoms with Gasteiger partial charge >= 0.3 is 0 Å². The summed E-state index contributed by atoms with van der Waals surface area (Å²) in [6, 6.07) is 3.27. The molecule has 47 valence electrons. The van der Waals surface area contributed by atoms with Gasteiger partial charge in [0.1, 0.15) is 11.8 Å².